The largest absolute Gasteiger partial charge is 0.489 e. The van der Waals surface area contributed by atoms with E-state index < -0.39 is 0 Å². The molecule has 0 aliphatic rings. The topological polar surface area (TPSA) is 39.4 Å². The Morgan fingerprint density at radius 2 is 1.90 bits per heavy atom. The highest BCUT2D eigenvalue weighted by atomic mass is 79.9. The van der Waals surface area contributed by atoms with Gasteiger partial charge in [-0.2, -0.15) is 0 Å². The van der Waals surface area contributed by atoms with Gasteiger partial charge in [-0.25, -0.2) is 0 Å². The number of fused-ring (bicyclic) bond motifs is 1. The highest BCUT2D eigenvalue weighted by Gasteiger charge is 2.06. The minimum atomic E-state index is -0.239. The summed E-state index contributed by atoms with van der Waals surface area (Å²) in [6.07, 6.45) is 1.24. The van der Waals surface area contributed by atoms with Gasteiger partial charge in [-0.3, -0.25) is 4.79 Å². The molecule has 0 spiro atoms. The normalized spacial score (nSPS) is 10.8. The van der Waals surface area contributed by atoms with Crippen LogP contribution >= 0.6 is 27.5 Å². The number of benzene rings is 2. The van der Waals surface area contributed by atoms with Crippen molar-refractivity contribution in [1.82, 2.24) is 0 Å². The van der Waals surface area contributed by atoms with Gasteiger partial charge in [0.05, 0.1) is 5.39 Å². The highest BCUT2D eigenvalue weighted by Crippen LogP contribution is 2.21. The third-order valence-corrected chi connectivity index (χ3v) is 3.81. The summed E-state index contributed by atoms with van der Waals surface area (Å²) < 4.78 is 12.0. The molecule has 0 aliphatic carbocycles. The zero-order valence-electron chi connectivity index (χ0n) is 10.8. The molecule has 106 valence electrons. The van der Waals surface area contributed by atoms with Gasteiger partial charge in [0.15, 0.2) is 0 Å². The van der Waals surface area contributed by atoms with E-state index in [-0.39, 0.29) is 10.5 Å². The fourth-order valence-electron chi connectivity index (χ4n) is 1.92. The van der Waals surface area contributed by atoms with Crippen molar-refractivity contribution in [2.24, 2.45) is 0 Å². The Labute approximate surface area is 134 Å². The van der Waals surface area contributed by atoms with Crippen molar-refractivity contribution >= 4 is 38.5 Å². The molecule has 1 heterocycles. The van der Waals surface area contributed by atoms with Crippen LogP contribution in [0.1, 0.15) is 5.56 Å². The first-order chi connectivity index (χ1) is 10.1. The lowest BCUT2D eigenvalue weighted by molar-refractivity contribution is 0.306. The average molecular weight is 366 g/mol. The molecular formula is C16H10BrClO3. The van der Waals surface area contributed by atoms with Crippen LogP contribution in [-0.2, 0) is 6.61 Å². The summed E-state index contributed by atoms with van der Waals surface area (Å²) in [6.45, 7) is 0.441. The van der Waals surface area contributed by atoms with Crippen molar-refractivity contribution in [3.8, 4) is 5.75 Å². The van der Waals surface area contributed by atoms with E-state index >= 15 is 0 Å². The molecule has 2 aromatic carbocycles. The van der Waals surface area contributed by atoms with Crippen LogP contribution in [0, 0.1) is 0 Å². The molecule has 0 atom stereocenters. The third-order valence-electron chi connectivity index (χ3n) is 3.02. The molecule has 3 aromatic rings. The Balaban J connectivity index is 1.83. The lowest BCUT2D eigenvalue weighted by Crippen LogP contribution is -2.01. The molecule has 0 saturated heterocycles. The van der Waals surface area contributed by atoms with Crippen molar-refractivity contribution in [2.75, 3.05) is 0 Å². The molecule has 0 amide bonds. The second kappa shape index (κ2) is 5.92. The first-order valence-electron chi connectivity index (χ1n) is 6.22. The minimum Gasteiger partial charge on any atom is -0.489 e. The summed E-state index contributed by atoms with van der Waals surface area (Å²) >= 11 is 9.13. The molecule has 1 aromatic heterocycles. The van der Waals surface area contributed by atoms with Crippen LogP contribution in [0.15, 0.2) is 62.4 Å². The van der Waals surface area contributed by atoms with Gasteiger partial charge in [-0.05, 0) is 29.8 Å². The van der Waals surface area contributed by atoms with E-state index in [1.165, 1.54) is 6.26 Å². The number of hydrogen-bond donors (Lipinski definition) is 0. The fourth-order valence-corrected chi connectivity index (χ4v) is 2.33. The SMILES string of the molecule is O=c1c(Cl)coc2cc(OCc3ccc(Br)cc3)ccc12. The summed E-state index contributed by atoms with van der Waals surface area (Å²) in [7, 11) is 0. The summed E-state index contributed by atoms with van der Waals surface area (Å²) in [6, 6.07) is 12.9. The predicted molar refractivity (Wildman–Crippen MR) is 86.0 cm³/mol. The molecule has 0 bridgehead atoms. The summed E-state index contributed by atoms with van der Waals surface area (Å²) in [4.78, 5) is 11.8. The molecule has 0 fully saturated rings. The Kier molecular flexibility index (Phi) is 3.99. The molecule has 5 heteroatoms. The van der Waals surface area contributed by atoms with E-state index in [2.05, 4.69) is 15.9 Å². The van der Waals surface area contributed by atoms with Crippen molar-refractivity contribution in [3.63, 3.8) is 0 Å². The monoisotopic (exact) mass is 364 g/mol. The molecule has 0 aliphatic heterocycles. The summed E-state index contributed by atoms with van der Waals surface area (Å²) in [5.41, 5.74) is 1.27. The van der Waals surface area contributed by atoms with Crippen molar-refractivity contribution in [3.05, 3.63) is 74.0 Å². The van der Waals surface area contributed by atoms with E-state index in [9.17, 15) is 4.79 Å². The van der Waals surface area contributed by atoms with Crippen LogP contribution in [0.4, 0.5) is 0 Å². The van der Waals surface area contributed by atoms with Crippen molar-refractivity contribution in [1.29, 1.82) is 0 Å². The molecule has 3 rings (SSSR count). The van der Waals surface area contributed by atoms with Gasteiger partial charge >= 0.3 is 0 Å². The van der Waals surface area contributed by atoms with E-state index in [1.54, 1.807) is 18.2 Å². The number of hydrogen-bond acceptors (Lipinski definition) is 3. The molecular weight excluding hydrogens is 356 g/mol. The first-order valence-corrected chi connectivity index (χ1v) is 7.39. The Morgan fingerprint density at radius 3 is 2.67 bits per heavy atom. The second-order valence-electron chi connectivity index (χ2n) is 4.49. The number of ether oxygens (including phenoxy) is 1. The van der Waals surface area contributed by atoms with Crippen molar-refractivity contribution in [2.45, 2.75) is 6.61 Å². The Hall–Kier alpha value is -1.78. The van der Waals surface area contributed by atoms with Gasteiger partial charge in [-0.15, -0.1) is 0 Å². The Morgan fingerprint density at radius 1 is 1.14 bits per heavy atom. The average Bonchev–Trinajstić information content (AvgIpc) is 2.50. The molecule has 0 N–H and O–H groups in total. The van der Waals surface area contributed by atoms with Gasteiger partial charge in [0.25, 0.3) is 0 Å². The maximum atomic E-state index is 11.8. The lowest BCUT2D eigenvalue weighted by atomic mass is 10.2. The molecule has 21 heavy (non-hydrogen) atoms. The van der Waals surface area contributed by atoms with Crippen LogP contribution in [-0.4, -0.2) is 0 Å². The summed E-state index contributed by atoms with van der Waals surface area (Å²) in [5, 5.41) is 0.518. The van der Waals surface area contributed by atoms with E-state index in [1.807, 2.05) is 24.3 Å². The zero-order chi connectivity index (χ0) is 14.8. The number of halogens is 2. The molecule has 0 unspecified atom stereocenters. The third kappa shape index (κ3) is 3.12. The van der Waals surface area contributed by atoms with Crippen LogP contribution in [0.5, 0.6) is 5.75 Å². The van der Waals surface area contributed by atoms with Crippen LogP contribution in [0.3, 0.4) is 0 Å². The highest BCUT2D eigenvalue weighted by molar-refractivity contribution is 9.10. The predicted octanol–water partition coefficient (Wildman–Crippen LogP) is 4.79. The van der Waals surface area contributed by atoms with Gasteiger partial charge in [0.2, 0.25) is 5.43 Å². The number of rotatable bonds is 3. The summed E-state index contributed by atoms with van der Waals surface area (Å²) in [5.74, 6) is 0.635. The standard InChI is InChI=1S/C16H10BrClO3/c17-11-3-1-10(2-4-11)8-20-12-5-6-13-15(7-12)21-9-14(18)16(13)19/h1-7,9H,8H2. The maximum Gasteiger partial charge on any atom is 0.211 e. The van der Waals surface area contributed by atoms with E-state index in [0.717, 1.165) is 10.0 Å². The molecule has 3 nitrogen and oxygen atoms in total. The van der Waals surface area contributed by atoms with E-state index in [4.69, 9.17) is 20.8 Å². The van der Waals surface area contributed by atoms with Gasteiger partial charge in [-0.1, -0.05) is 39.7 Å². The minimum absolute atomic E-state index is 0.0750. The Bertz CT molecular complexity index is 840. The first kappa shape index (κ1) is 14.2. The quantitative estimate of drug-likeness (QED) is 0.670. The van der Waals surface area contributed by atoms with Gasteiger partial charge < -0.3 is 9.15 Å². The van der Waals surface area contributed by atoms with Gasteiger partial charge in [0.1, 0.15) is 29.2 Å². The van der Waals surface area contributed by atoms with Gasteiger partial charge in [0, 0.05) is 10.5 Å². The molecule has 0 saturated carbocycles. The van der Waals surface area contributed by atoms with Crippen molar-refractivity contribution < 1.29 is 9.15 Å². The lowest BCUT2D eigenvalue weighted by Gasteiger charge is -2.07. The van der Waals surface area contributed by atoms with Crippen LogP contribution in [0.25, 0.3) is 11.0 Å². The molecule has 0 radical (unpaired) electrons. The zero-order valence-corrected chi connectivity index (χ0v) is 13.1. The fraction of sp³-hybridized carbons (Fsp3) is 0.0625. The second-order valence-corrected chi connectivity index (χ2v) is 5.81. The maximum absolute atomic E-state index is 11.8. The smallest absolute Gasteiger partial charge is 0.211 e. The van der Waals surface area contributed by atoms with Crippen LogP contribution in [0.2, 0.25) is 5.02 Å². The van der Waals surface area contributed by atoms with Crippen LogP contribution < -0.4 is 10.2 Å². The van der Waals surface area contributed by atoms with E-state index in [0.29, 0.717) is 23.3 Å².